The zero-order chi connectivity index (χ0) is 22.6. The van der Waals surface area contributed by atoms with E-state index < -0.39 is 0 Å². The number of carbonyl (C=O) groups is 1. The number of carbonyl (C=O) groups excluding carboxylic acids is 1. The first kappa shape index (κ1) is 20.6. The van der Waals surface area contributed by atoms with Crippen molar-refractivity contribution < 1.29 is 4.79 Å². The molecule has 1 amide bonds. The Morgan fingerprint density at radius 3 is 2.70 bits per heavy atom. The van der Waals surface area contributed by atoms with E-state index in [1.165, 1.54) is 5.56 Å². The highest BCUT2D eigenvalue weighted by molar-refractivity contribution is 5.95. The fourth-order valence-electron chi connectivity index (χ4n) is 3.77. The van der Waals surface area contributed by atoms with Gasteiger partial charge < -0.3 is 10.6 Å². The van der Waals surface area contributed by atoms with Gasteiger partial charge in [-0.05, 0) is 66.1 Å². The Morgan fingerprint density at radius 2 is 1.82 bits per heavy atom. The van der Waals surface area contributed by atoms with Crippen LogP contribution < -0.4 is 10.6 Å². The Labute approximate surface area is 190 Å². The molecule has 8 heteroatoms. The smallest absolute Gasteiger partial charge is 0.251 e. The van der Waals surface area contributed by atoms with Gasteiger partial charge in [-0.25, -0.2) is 4.98 Å². The summed E-state index contributed by atoms with van der Waals surface area (Å²) in [5.74, 6) is 0.410. The van der Waals surface area contributed by atoms with Crippen LogP contribution >= 0.6 is 0 Å². The number of rotatable bonds is 7. The van der Waals surface area contributed by atoms with Crippen LogP contribution in [0.3, 0.4) is 0 Å². The summed E-state index contributed by atoms with van der Waals surface area (Å²) >= 11 is 0. The maximum absolute atomic E-state index is 12.8. The summed E-state index contributed by atoms with van der Waals surface area (Å²) in [6.07, 6.45) is 1.78. The van der Waals surface area contributed by atoms with Gasteiger partial charge in [0.1, 0.15) is 0 Å². The van der Waals surface area contributed by atoms with Crippen molar-refractivity contribution in [1.82, 2.24) is 30.3 Å². The normalized spacial score (nSPS) is 12.0. The number of anilines is 2. The highest BCUT2D eigenvalue weighted by atomic mass is 16.1. The Morgan fingerprint density at radius 1 is 1.00 bits per heavy atom. The summed E-state index contributed by atoms with van der Waals surface area (Å²) in [6, 6.07) is 25.3. The van der Waals surface area contributed by atoms with Crippen LogP contribution in [0, 0.1) is 0 Å². The van der Waals surface area contributed by atoms with E-state index in [9.17, 15) is 4.79 Å². The predicted molar refractivity (Wildman–Crippen MR) is 127 cm³/mol. The van der Waals surface area contributed by atoms with E-state index in [-0.39, 0.29) is 11.9 Å². The van der Waals surface area contributed by atoms with Crippen molar-refractivity contribution in [2.24, 2.45) is 0 Å². The lowest BCUT2D eigenvalue weighted by Gasteiger charge is -2.15. The van der Waals surface area contributed by atoms with Crippen molar-refractivity contribution in [2.45, 2.75) is 25.8 Å². The largest absolute Gasteiger partial charge is 0.350 e. The minimum atomic E-state index is -0.111. The van der Waals surface area contributed by atoms with Crippen molar-refractivity contribution in [2.75, 3.05) is 5.32 Å². The molecule has 2 N–H and O–H groups in total. The van der Waals surface area contributed by atoms with Gasteiger partial charge in [0.25, 0.3) is 5.91 Å². The third kappa shape index (κ3) is 4.50. The number of tetrazole rings is 1. The van der Waals surface area contributed by atoms with Gasteiger partial charge in [-0.2, -0.15) is 4.52 Å². The van der Waals surface area contributed by atoms with Crippen LogP contribution in [0.25, 0.3) is 16.7 Å². The number of aryl methyl sites for hydroxylation is 1. The molecular formula is C25H23N7O. The molecule has 0 saturated heterocycles. The predicted octanol–water partition coefficient (Wildman–Crippen LogP) is 4.17. The first-order valence-corrected chi connectivity index (χ1v) is 10.9. The number of hydrogen-bond donors (Lipinski definition) is 2. The first-order valence-electron chi connectivity index (χ1n) is 10.9. The monoisotopic (exact) mass is 437 g/mol. The second kappa shape index (κ2) is 9.04. The molecule has 164 valence electrons. The van der Waals surface area contributed by atoms with Gasteiger partial charge in [-0.1, -0.05) is 48.5 Å². The van der Waals surface area contributed by atoms with E-state index in [0.29, 0.717) is 17.0 Å². The average molecular weight is 438 g/mol. The number of benzene rings is 3. The highest BCUT2D eigenvalue weighted by Gasteiger charge is 2.14. The van der Waals surface area contributed by atoms with Gasteiger partial charge in [-0.15, -0.1) is 5.10 Å². The van der Waals surface area contributed by atoms with Gasteiger partial charge in [0.2, 0.25) is 5.65 Å². The minimum absolute atomic E-state index is 0.0539. The third-order valence-corrected chi connectivity index (χ3v) is 5.50. The van der Waals surface area contributed by atoms with Crippen molar-refractivity contribution >= 4 is 34.1 Å². The van der Waals surface area contributed by atoms with E-state index in [0.717, 1.165) is 29.6 Å². The average Bonchev–Trinajstić information content (AvgIpc) is 3.34. The Bertz CT molecular complexity index is 1410. The SMILES string of the molecule is CC(CCc1ccccc1)NC(=O)c1cccc(Nc2nc3ccccc3n3nnnc23)c1. The van der Waals surface area contributed by atoms with Gasteiger partial charge >= 0.3 is 0 Å². The first-order chi connectivity index (χ1) is 16.2. The molecule has 0 spiro atoms. The van der Waals surface area contributed by atoms with Crippen LogP contribution in [0.5, 0.6) is 0 Å². The topological polar surface area (TPSA) is 97.1 Å². The quantitative estimate of drug-likeness (QED) is 0.397. The summed E-state index contributed by atoms with van der Waals surface area (Å²) < 4.78 is 1.65. The second-order valence-electron chi connectivity index (χ2n) is 7.97. The summed E-state index contributed by atoms with van der Waals surface area (Å²) in [4.78, 5) is 17.5. The fourth-order valence-corrected chi connectivity index (χ4v) is 3.77. The molecule has 2 heterocycles. The zero-order valence-corrected chi connectivity index (χ0v) is 18.1. The van der Waals surface area contributed by atoms with Crippen molar-refractivity contribution in [3.8, 4) is 0 Å². The molecule has 3 aromatic carbocycles. The number of aromatic nitrogens is 5. The Hall–Kier alpha value is -4.33. The molecule has 0 fully saturated rings. The molecule has 8 nitrogen and oxygen atoms in total. The number of para-hydroxylation sites is 2. The molecule has 2 aromatic heterocycles. The standard InChI is InChI=1S/C25H23N7O/c1-17(14-15-18-8-3-2-4-9-18)26-25(33)19-10-7-11-20(16-19)27-23-24-29-30-31-32(24)22-13-6-5-12-21(22)28-23/h2-13,16-17H,14-15H2,1H3,(H,26,33)(H,27,28). The molecule has 1 atom stereocenters. The van der Waals surface area contributed by atoms with Crippen LogP contribution in [0.15, 0.2) is 78.9 Å². The molecule has 5 aromatic rings. The van der Waals surface area contributed by atoms with Gasteiger partial charge in [0.15, 0.2) is 5.82 Å². The van der Waals surface area contributed by atoms with Crippen LogP contribution in [0.2, 0.25) is 0 Å². The second-order valence-corrected chi connectivity index (χ2v) is 7.97. The number of nitrogens with one attached hydrogen (secondary N) is 2. The molecular weight excluding hydrogens is 414 g/mol. The molecule has 0 saturated carbocycles. The van der Waals surface area contributed by atoms with E-state index in [1.807, 2.05) is 61.5 Å². The fraction of sp³-hybridized carbons (Fsp3) is 0.160. The molecule has 0 radical (unpaired) electrons. The lowest BCUT2D eigenvalue weighted by Crippen LogP contribution is -2.32. The van der Waals surface area contributed by atoms with Crippen molar-refractivity contribution in [1.29, 1.82) is 0 Å². The summed E-state index contributed by atoms with van der Waals surface area (Å²) in [5, 5.41) is 18.3. The molecule has 0 bridgehead atoms. The van der Waals surface area contributed by atoms with Gasteiger partial charge in [0.05, 0.1) is 11.0 Å². The molecule has 0 aliphatic rings. The van der Waals surface area contributed by atoms with Gasteiger partial charge in [-0.3, -0.25) is 4.79 Å². The molecule has 0 aliphatic heterocycles. The van der Waals surface area contributed by atoms with E-state index in [1.54, 1.807) is 16.6 Å². The van der Waals surface area contributed by atoms with E-state index in [4.69, 9.17) is 0 Å². The Kier molecular flexibility index (Phi) is 5.63. The number of amides is 1. The van der Waals surface area contributed by atoms with Crippen molar-refractivity contribution in [3.05, 3.63) is 90.0 Å². The van der Waals surface area contributed by atoms with E-state index >= 15 is 0 Å². The van der Waals surface area contributed by atoms with E-state index in [2.05, 4.69) is 43.3 Å². The minimum Gasteiger partial charge on any atom is -0.350 e. The lowest BCUT2D eigenvalue weighted by atomic mass is 10.1. The van der Waals surface area contributed by atoms with Crippen molar-refractivity contribution in [3.63, 3.8) is 0 Å². The molecule has 1 unspecified atom stereocenters. The van der Waals surface area contributed by atoms with Crippen LogP contribution in [0.4, 0.5) is 11.5 Å². The highest BCUT2D eigenvalue weighted by Crippen LogP contribution is 2.23. The summed E-state index contributed by atoms with van der Waals surface area (Å²) in [6.45, 7) is 2.02. The summed E-state index contributed by atoms with van der Waals surface area (Å²) in [5.41, 5.74) is 4.66. The molecule has 5 rings (SSSR count). The van der Waals surface area contributed by atoms with Crippen LogP contribution in [-0.2, 0) is 6.42 Å². The number of nitrogens with zero attached hydrogens (tertiary/aromatic N) is 5. The summed E-state index contributed by atoms with van der Waals surface area (Å²) in [7, 11) is 0. The third-order valence-electron chi connectivity index (χ3n) is 5.50. The molecule has 33 heavy (non-hydrogen) atoms. The maximum Gasteiger partial charge on any atom is 0.251 e. The number of hydrogen-bond acceptors (Lipinski definition) is 6. The maximum atomic E-state index is 12.8. The Balaban J connectivity index is 1.31. The number of fused-ring (bicyclic) bond motifs is 3. The van der Waals surface area contributed by atoms with Gasteiger partial charge in [0, 0.05) is 17.3 Å². The van der Waals surface area contributed by atoms with Crippen LogP contribution in [-0.4, -0.2) is 37.0 Å². The molecule has 0 aliphatic carbocycles. The lowest BCUT2D eigenvalue weighted by molar-refractivity contribution is 0.0938. The zero-order valence-electron chi connectivity index (χ0n) is 18.1. The van der Waals surface area contributed by atoms with Crippen LogP contribution in [0.1, 0.15) is 29.3 Å².